The van der Waals surface area contributed by atoms with Gasteiger partial charge in [0.15, 0.2) is 0 Å². The van der Waals surface area contributed by atoms with Gasteiger partial charge in [-0.15, -0.1) is 11.6 Å². The number of halogens is 3. The van der Waals surface area contributed by atoms with Gasteiger partial charge in [0, 0.05) is 24.5 Å². The maximum atomic E-state index is 11.9. The van der Waals surface area contributed by atoms with E-state index in [1.54, 1.807) is 26.0 Å². The Kier molecular flexibility index (Phi) is 6.78. The van der Waals surface area contributed by atoms with Crippen molar-refractivity contribution in [3.63, 3.8) is 0 Å². The van der Waals surface area contributed by atoms with Crippen molar-refractivity contribution in [1.82, 2.24) is 10.6 Å². The summed E-state index contributed by atoms with van der Waals surface area (Å²) >= 11 is 17.3. The summed E-state index contributed by atoms with van der Waals surface area (Å²) in [4.78, 5) is 23.6. The van der Waals surface area contributed by atoms with Crippen LogP contribution in [-0.4, -0.2) is 30.8 Å². The Labute approximate surface area is 139 Å². The van der Waals surface area contributed by atoms with E-state index >= 15 is 0 Å². The minimum absolute atomic E-state index is 0.152. The molecule has 0 heterocycles. The van der Waals surface area contributed by atoms with E-state index in [0.717, 1.165) is 0 Å². The van der Waals surface area contributed by atoms with E-state index in [1.807, 2.05) is 0 Å². The largest absolute Gasteiger partial charge is 0.354 e. The number of rotatable bonds is 6. The summed E-state index contributed by atoms with van der Waals surface area (Å²) in [5, 5.41) is 6.11. The number of carbonyl (C=O) groups is 2. The van der Waals surface area contributed by atoms with Crippen LogP contribution in [0, 0.1) is 5.41 Å². The Morgan fingerprint density at radius 3 is 2.29 bits per heavy atom. The molecule has 0 saturated heterocycles. The molecule has 4 nitrogen and oxygen atoms in total. The third-order valence-electron chi connectivity index (χ3n) is 2.83. The molecule has 2 N–H and O–H groups in total. The molecule has 1 aromatic rings. The summed E-state index contributed by atoms with van der Waals surface area (Å²) in [6, 6.07) is 4.64. The van der Waals surface area contributed by atoms with Crippen molar-refractivity contribution in [2.24, 2.45) is 5.41 Å². The summed E-state index contributed by atoms with van der Waals surface area (Å²) in [6.07, 6.45) is 0. The Hall–Kier alpha value is -0.970. The lowest BCUT2D eigenvalue weighted by Crippen LogP contribution is -2.41. The zero-order valence-corrected chi connectivity index (χ0v) is 14.1. The molecule has 0 bridgehead atoms. The quantitative estimate of drug-likeness (QED) is 0.611. The number of amides is 2. The molecular weight excluding hydrogens is 335 g/mol. The van der Waals surface area contributed by atoms with E-state index in [0.29, 0.717) is 28.7 Å². The number of nitrogens with one attached hydrogen (secondary N) is 2. The lowest BCUT2D eigenvalue weighted by atomic mass is 9.95. The van der Waals surface area contributed by atoms with Crippen molar-refractivity contribution >= 4 is 46.6 Å². The molecule has 0 radical (unpaired) electrons. The zero-order chi connectivity index (χ0) is 16.0. The second kappa shape index (κ2) is 7.87. The molecule has 0 aromatic heterocycles. The molecule has 0 fully saturated rings. The van der Waals surface area contributed by atoms with Crippen molar-refractivity contribution in [3.8, 4) is 0 Å². The number of carbonyl (C=O) groups excluding carboxylic acids is 2. The van der Waals surface area contributed by atoms with Crippen LogP contribution in [0.25, 0.3) is 0 Å². The van der Waals surface area contributed by atoms with Gasteiger partial charge < -0.3 is 10.6 Å². The van der Waals surface area contributed by atoms with Gasteiger partial charge in [0.2, 0.25) is 5.91 Å². The van der Waals surface area contributed by atoms with Crippen LogP contribution in [0.4, 0.5) is 0 Å². The minimum Gasteiger partial charge on any atom is -0.354 e. The number of benzene rings is 1. The Morgan fingerprint density at radius 1 is 1.10 bits per heavy atom. The molecular formula is C14H17Cl3N2O2. The molecule has 0 spiro atoms. The van der Waals surface area contributed by atoms with Gasteiger partial charge >= 0.3 is 0 Å². The highest BCUT2D eigenvalue weighted by Crippen LogP contribution is 2.22. The Balaban J connectivity index is 2.41. The third-order valence-corrected chi connectivity index (χ3v) is 4.23. The maximum absolute atomic E-state index is 11.9. The highest BCUT2D eigenvalue weighted by molar-refractivity contribution is 6.42. The van der Waals surface area contributed by atoms with E-state index in [9.17, 15) is 9.59 Å². The van der Waals surface area contributed by atoms with Crippen LogP contribution in [0.15, 0.2) is 18.2 Å². The molecule has 0 aliphatic rings. The third kappa shape index (κ3) is 5.38. The van der Waals surface area contributed by atoms with Gasteiger partial charge in [-0.2, -0.15) is 0 Å². The topological polar surface area (TPSA) is 58.2 Å². The van der Waals surface area contributed by atoms with Gasteiger partial charge in [0.25, 0.3) is 5.91 Å². The van der Waals surface area contributed by atoms with Crippen LogP contribution in [0.1, 0.15) is 24.2 Å². The highest BCUT2D eigenvalue weighted by Gasteiger charge is 2.25. The number of hydrogen-bond donors (Lipinski definition) is 2. The van der Waals surface area contributed by atoms with E-state index in [2.05, 4.69) is 10.6 Å². The molecule has 21 heavy (non-hydrogen) atoms. The Morgan fingerprint density at radius 2 is 1.71 bits per heavy atom. The van der Waals surface area contributed by atoms with Crippen LogP contribution >= 0.6 is 34.8 Å². The van der Waals surface area contributed by atoms with E-state index in [1.165, 1.54) is 6.07 Å². The molecule has 0 aliphatic heterocycles. The fraction of sp³-hybridized carbons (Fsp3) is 0.429. The monoisotopic (exact) mass is 350 g/mol. The van der Waals surface area contributed by atoms with E-state index in [4.69, 9.17) is 34.8 Å². The smallest absolute Gasteiger partial charge is 0.251 e. The second-order valence-electron chi connectivity index (χ2n) is 5.16. The van der Waals surface area contributed by atoms with Crippen molar-refractivity contribution in [2.45, 2.75) is 13.8 Å². The van der Waals surface area contributed by atoms with Gasteiger partial charge in [-0.05, 0) is 32.0 Å². The standard InChI is InChI=1S/C14H17Cl3N2O2/c1-14(2,8-15)13(21)19-6-5-18-12(20)9-3-4-10(16)11(17)7-9/h3-4,7H,5-6,8H2,1-2H3,(H,18,20)(H,19,21). The predicted octanol–water partition coefficient (Wildman–Crippen LogP) is 3.10. The molecule has 7 heteroatoms. The summed E-state index contributed by atoms with van der Waals surface area (Å²) in [7, 11) is 0. The molecule has 0 unspecified atom stereocenters. The van der Waals surface area contributed by atoms with Crippen LogP contribution in [0.2, 0.25) is 10.0 Å². The van der Waals surface area contributed by atoms with Crippen LogP contribution in [0.3, 0.4) is 0 Å². The minimum atomic E-state index is -0.630. The van der Waals surface area contributed by atoms with Crippen LogP contribution in [-0.2, 0) is 4.79 Å². The lowest BCUT2D eigenvalue weighted by molar-refractivity contribution is -0.128. The van der Waals surface area contributed by atoms with Gasteiger partial charge in [-0.3, -0.25) is 9.59 Å². The first-order valence-corrected chi connectivity index (χ1v) is 7.64. The molecule has 0 saturated carbocycles. The molecule has 116 valence electrons. The van der Waals surface area contributed by atoms with Crippen molar-refractivity contribution in [1.29, 1.82) is 0 Å². The van der Waals surface area contributed by atoms with Crippen molar-refractivity contribution in [3.05, 3.63) is 33.8 Å². The fourth-order valence-corrected chi connectivity index (χ4v) is 1.81. The Bertz CT molecular complexity index is 533. The molecule has 2 amide bonds. The second-order valence-corrected chi connectivity index (χ2v) is 6.24. The van der Waals surface area contributed by atoms with Gasteiger partial charge in [0.05, 0.1) is 15.5 Å². The van der Waals surface area contributed by atoms with Gasteiger partial charge in [-0.25, -0.2) is 0 Å². The predicted molar refractivity (Wildman–Crippen MR) is 86.3 cm³/mol. The molecule has 0 atom stereocenters. The number of alkyl halides is 1. The normalized spacial score (nSPS) is 11.1. The highest BCUT2D eigenvalue weighted by atomic mass is 35.5. The maximum Gasteiger partial charge on any atom is 0.251 e. The van der Waals surface area contributed by atoms with E-state index < -0.39 is 5.41 Å². The summed E-state index contributed by atoms with van der Waals surface area (Å²) < 4.78 is 0. The SMILES string of the molecule is CC(C)(CCl)C(=O)NCCNC(=O)c1ccc(Cl)c(Cl)c1. The first-order valence-electron chi connectivity index (χ1n) is 6.35. The first-order chi connectivity index (χ1) is 9.77. The zero-order valence-electron chi connectivity index (χ0n) is 11.8. The fourth-order valence-electron chi connectivity index (χ4n) is 1.39. The lowest BCUT2D eigenvalue weighted by Gasteiger charge is -2.20. The average Bonchev–Trinajstić information content (AvgIpc) is 2.45. The van der Waals surface area contributed by atoms with E-state index in [-0.39, 0.29) is 17.7 Å². The summed E-state index contributed by atoms with van der Waals surface area (Å²) in [5.41, 5.74) is -0.216. The molecule has 0 aliphatic carbocycles. The van der Waals surface area contributed by atoms with Crippen molar-refractivity contribution < 1.29 is 9.59 Å². The molecule has 1 rings (SSSR count). The summed E-state index contributed by atoms with van der Waals surface area (Å²) in [6.45, 7) is 4.14. The number of hydrogen-bond acceptors (Lipinski definition) is 2. The van der Waals surface area contributed by atoms with Crippen LogP contribution < -0.4 is 10.6 Å². The summed E-state index contributed by atoms with van der Waals surface area (Å²) in [5.74, 6) is -0.199. The molecule has 1 aromatic carbocycles. The van der Waals surface area contributed by atoms with Gasteiger partial charge in [-0.1, -0.05) is 23.2 Å². The van der Waals surface area contributed by atoms with Gasteiger partial charge in [0.1, 0.15) is 0 Å². The van der Waals surface area contributed by atoms with Crippen LogP contribution in [0.5, 0.6) is 0 Å². The average molecular weight is 352 g/mol. The first kappa shape index (κ1) is 18.1. The van der Waals surface area contributed by atoms with Crippen molar-refractivity contribution in [2.75, 3.05) is 19.0 Å².